The molecule has 3 rings (SSSR count). The Labute approximate surface area is 120 Å². The second-order valence-electron chi connectivity index (χ2n) is 5.06. The fourth-order valence-corrected chi connectivity index (χ4v) is 2.45. The van der Waals surface area contributed by atoms with E-state index in [1.165, 1.54) is 12.1 Å². The molecular weight excluding hydrogens is 280 g/mol. The van der Waals surface area contributed by atoms with Gasteiger partial charge >= 0.3 is 0 Å². The quantitative estimate of drug-likeness (QED) is 0.934. The summed E-state index contributed by atoms with van der Waals surface area (Å²) in [6.07, 6.45) is 1.10. The van der Waals surface area contributed by atoms with Gasteiger partial charge in [-0.25, -0.2) is 8.78 Å². The summed E-state index contributed by atoms with van der Waals surface area (Å²) in [5, 5.41) is 7.08. The SMILES string of the molecule is COC1CNC(c2nc(Cc3cc(F)cc(F)c3)no2)C1. The molecule has 0 bridgehead atoms. The van der Waals surface area contributed by atoms with Crippen LogP contribution in [-0.2, 0) is 11.2 Å². The molecule has 2 unspecified atom stereocenters. The lowest BCUT2D eigenvalue weighted by Gasteiger charge is -2.04. The number of benzene rings is 1. The van der Waals surface area contributed by atoms with Gasteiger partial charge in [0.25, 0.3) is 0 Å². The minimum atomic E-state index is -0.617. The van der Waals surface area contributed by atoms with Crippen LogP contribution in [0.25, 0.3) is 0 Å². The van der Waals surface area contributed by atoms with Crippen LogP contribution in [0.4, 0.5) is 8.78 Å². The summed E-state index contributed by atoms with van der Waals surface area (Å²) in [7, 11) is 1.66. The maximum Gasteiger partial charge on any atom is 0.243 e. The van der Waals surface area contributed by atoms with Crippen molar-refractivity contribution in [3.05, 3.63) is 47.1 Å². The molecule has 7 heteroatoms. The molecule has 1 N–H and O–H groups in total. The van der Waals surface area contributed by atoms with Gasteiger partial charge < -0.3 is 14.6 Å². The van der Waals surface area contributed by atoms with Crippen LogP contribution in [-0.4, -0.2) is 29.9 Å². The molecule has 112 valence electrons. The highest BCUT2D eigenvalue weighted by molar-refractivity contribution is 5.21. The maximum atomic E-state index is 13.1. The van der Waals surface area contributed by atoms with Crippen LogP contribution >= 0.6 is 0 Å². The molecule has 1 aromatic carbocycles. The van der Waals surface area contributed by atoms with Crippen molar-refractivity contribution in [2.45, 2.75) is 25.0 Å². The zero-order valence-corrected chi connectivity index (χ0v) is 11.5. The smallest absolute Gasteiger partial charge is 0.243 e. The van der Waals surface area contributed by atoms with E-state index in [1.807, 2.05) is 0 Å². The average Bonchev–Trinajstić information content (AvgIpc) is 3.05. The Balaban J connectivity index is 1.70. The van der Waals surface area contributed by atoms with Gasteiger partial charge in [-0.15, -0.1) is 0 Å². The molecule has 0 spiro atoms. The highest BCUT2D eigenvalue weighted by Gasteiger charge is 2.29. The molecule has 0 amide bonds. The third kappa shape index (κ3) is 3.25. The normalized spacial score (nSPS) is 21.9. The van der Waals surface area contributed by atoms with Crippen LogP contribution in [0, 0.1) is 11.6 Å². The van der Waals surface area contributed by atoms with Gasteiger partial charge in [-0.2, -0.15) is 4.98 Å². The van der Waals surface area contributed by atoms with Crippen LogP contribution in [0.5, 0.6) is 0 Å². The van der Waals surface area contributed by atoms with Gasteiger partial charge in [-0.3, -0.25) is 0 Å². The molecule has 1 aliphatic rings. The Kier molecular flexibility index (Phi) is 3.94. The van der Waals surface area contributed by atoms with Crippen molar-refractivity contribution in [1.29, 1.82) is 0 Å². The molecule has 1 aromatic heterocycles. The highest BCUT2D eigenvalue weighted by atomic mass is 19.1. The van der Waals surface area contributed by atoms with E-state index in [0.29, 0.717) is 17.3 Å². The molecule has 1 fully saturated rings. The summed E-state index contributed by atoms with van der Waals surface area (Å²) in [5.41, 5.74) is 0.467. The first kappa shape index (κ1) is 14.1. The van der Waals surface area contributed by atoms with E-state index >= 15 is 0 Å². The Morgan fingerprint density at radius 2 is 2.10 bits per heavy atom. The van der Waals surface area contributed by atoms with Crippen molar-refractivity contribution in [2.24, 2.45) is 0 Å². The lowest BCUT2D eigenvalue weighted by Crippen LogP contribution is -2.16. The van der Waals surface area contributed by atoms with Crippen molar-refractivity contribution in [1.82, 2.24) is 15.5 Å². The Hall–Kier alpha value is -1.86. The fraction of sp³-hybridized carbons (Fsp3) is 0.429. The molecule has 21 heavy (non-hydrogen) atoms. The summed E-state index contributed by atoms with van der Waals surface area (Å²) in [4.78, 5) is 4.27. The van der Waals surface area contributed by atoms with Crippen LogP contribution in [0.3, 0.4) is 0 Å². The minimum absolute atomic E-state index is 0.0413. The number of aromatic nitrogens is 2. The highest BCUT2D eigenvalue weighted by Crippen LogP contribution is 2.23. The van der Waals surface area contributed by atoms with Crippen LogP contribution in [0.15, 0.2) is 22.7 Å². The Morgan fingerprint density at radius 3 is 2.76 bits per heavy atom. The van der Waals surface area contributed by atoms with E-state index in [2.05, 4.69) is 15.5 Å². The minimum Gasteiger partial charge on any atom is -0.380 e. The summed E-state index contributed by atoms with van der Waals surface area (Å²) < 4.78 is 36.7. The topological polar surface area (TPSA) is 60.2 Å². The summed E-state index contributed by atoms with van der Waals surface area (Å²) in [6.45, 7) is 0.730. The van der Waals surface area contributed by atoms with Gasteiger partial charge in [0, 0.05) is 26.1 Å². The van der Waals surface area contributed by atoms with Crippen LogP contribution in [0.1, 0.15) is 29.7 Å². The van der Waals surface area contributed by atoms with E-state index in [4.69, 9.17) is 9.26 Å². The largest absolute Gasteiger partial charge is 0.380 e. The van der Waals surface area contributed by atoms with Crippen molar-refractivity contribution in [2.75, 3.05) is 13.7 Å². The molecule has 1 saturated heterocycles. The zero-order chi connectivity index (χ0) is 14.8. The van der Waals surface area contributed by atoms with Crippen LogP contribution in [0.2, 0.25) is 0 Å². The van der Waals surface area contributed by atoms with Crippen molar-refractivity contribution in [3.8, 4) is 0 Å². The van der Waals surface area contributed by atoms with Gasteiger partial charge in [0.05, 0.1) is 12.1 Å². The van der Waals surface area contributed by atoms with E-state index < -0.39 is 11.6 Å². The number of methoxy groups -OCH3 is 1. The van der Waals surface area contributed by atoms with E-state index in [9.17, 15) is 8.78 Å². The van der Waals surface area contributed by atoms with Gasteiger partial charge in [0.15, 0.2) is 5.82 Å². The number of nitrogens with zero attached hydrogens (tertiary/aromatic N) is 2. The number of hydrogen-bond donors (Lipinski definition) is 1. The molecule has 0 saturated carbocycles. The van der Waals surface area contributed by atoms with Crippen LogP contribution < -0.4 is 5.32 Å². The molecule has 2 aromatic rings. The molecule has 2 atom stereocenters. The number of hydrogen-bond acceptors (Lipinski definition) is 5. The zero-order valence-electron chi connectivity index (χ0n) is 11.5. The predicted octanol–water partition coefficient (Wildman–Crippen LogP) is 1.99. The third-order valence-corrected chi connectivity index (χ3v) is 3.49. The second kappa shape index (κ2) is 5.87. The fourth-order valence-electron chi connectivity index (χ4n) is 2.45. The average molecular weight is 295 g/mol. The Morgan fingerprint density at radius 1 is 1.33 bits per heavy atom. The molecule has 2 heterocycles. The van der Waals surface area contributed by atoms with Gasteiger partial charge in [0.2, 0.25) is 5.89 Å². The van der Waals surface area contributed by atoms with Crippen molar-refractivity contribution < 1.29 is 18.0 Å². The van der Waals surface area contributed by atoms with Gasteiger partial charge in [-0.05, 0) is 24.1 Å². The predicted molar refractivity (Wildman–Crippen MR) is 69.6 cm³/mol. The lowest BCUT2D eigenvalue weighted by molar-refractivity contribution is 0.116. The van der Waals surface area contributed by atoms with Gasteiger partial charge in [0.1, 0.15) is 11.6 Å². The van der Waals surface area contributed by atoms with E-state index in [-0.39, 0.29) is 18.6 Å². The Bertz CT molecular complexity index is 612. The van der Waals surface area contributed by atoms with Crippen molar-refractivity contribution >= 4 is 0 Å². The summed E-state index contributed by atoms with van der Waals surface area (Å²) >= 11 is 0. The number of halogens is 2. The second-order valence-corrected chi connectivity index (χ2v) is 5.06. The maximum absolute atomic E-state index is 13.1. The molecular formula is C14H15F2N3O2. The summed E-state index contributed by atoms with van der Waals surface area (Å²) in [6, 6.07) is 3.31. The third-order valence-electron chi connectivity index (χ3n) is 3.49. The monoisotopic (exact) mass is 295 g/mol. The molecule has 0 aliphatic carbocycles. The lowest BCUT2D eigenvalue weighted by atomic mass is 10.1. The number of nitrogens with one attached hydrogen (secondary N) is 1. The van der Waals surface area contributed by atoms with E-state index in [0.717, 1.165) is 19.0 Å². The number of ether oxygens (including phenoxy) is 1. The first-order valence-corrected chi connectivity index (χ1v) is 6.67. The molecule has 5 nitrogen and oxygen atoms in total. The first-order valence-electron chi connectivity index (χ1n) is 6.67. The van der Waals surface area contributed by atoms with Gasteiger partial charge in [-0.1, -0.05) is 5.16 Å². The van der Waals surface area contributed by atoms with E-state index in [1.54, 1.807) is 7.11 Å². The molecule has 0 radical (unpaired) electrons. The number of rotatable bonds is 4. The summed E-state index contributed by atoms with van der Waals surface area (Å²) in [5.74, 6) is -0.359. The standard InChI is InChI=1S/C14H15F2N3O2/c1-20-11-6-12(17-7-11)14-18-13(19-21-14)4-8-2-9(15)5-10(16)3-8/h2-3,5,11-12,17H,4,6-7H2,1H3. The van der Waals surface area contributed by atoms with Crippen molar-refractivity contribution in [3.63, 3.8) is 0 Å². The first-order chi connectivity index (χ1) is 10.1. The molecule has 1 aliphatic heterocycles.